The fourth-order valence-corrected chi connectivity index (χ4v) is 1.13. The molecule has 6 heteroatoms. The second-order valence-corrected chi connectivity index (χ2v) is 3.56. The van der Waals surface area contributed by atoms with E-state index in [1.807, 2.05) is 0 Å². The monoisotopic (exact) mass is 244 g/mol. The standard InChI is InChI=1S/C9H6Cl2N2O2/c1-5(3-12)9(14)15-8-7(11)2-6(10)4-13-8/h2,4-5H,1H3. The van der Waals surface area contributed by atoms with Crippen molar-refractivity contribution in [2.45, 2.75) is 6.92 Å². The van der Waals surface area contributed by atoms with Gasteiger partial charge in [0.2, 0.25) is 5.88 Å². The normalized spacial score (nSPS) is 11.6. The van der Waals surface area contributed by atoms with Crippen LogP contribution < -0.4 is 4.74 Å². The van der Waals surface area contributed by atoms with Crippen LogP contribution in [0.15, 0.2) is 12.3 Å². The third-order valence-electron chi connectivity index (χ3n) is 1.52. The molecule has 4 nitrogen and oxygen atoms in total. The summed E-state index contributed by atoms with van der Waals surface area (Å²) in [7, 11) is 0. The number of aromatic nitrogens is 1. The van der Waals surface area contributed by atoms with Crippen LogP contribution in [0.2, 0.25) is 10.0 Å². The third kappa shape index (κ3) is 3.08. The highest BCUT2D eigenvalue weighted by molar-refractivity contribution is 6.35. The van der Waals surface area contributed by atoms with Crippen molar-refractivity contribution >= 4 is 29.2 Å². The molecule has 1 aromatic heterocycles. The topological polar surface area (TPSA) is 63.0 Å². The molecule has 1 aromatic rings. The molecule has 1 rings (SSSR count). The largest absolute Gasteiger partial charge is 0.405 e. The van der Waals surface area contributed by atoms with E-state index in [1.165, 1.54) is 19.2 Å². The first-order chi connectivity index (χ1) is 7.04. The fourth-order valence-electron chi connectivity index (χ4n) is 0.714. The Morgan fingerprint density at radius 3 is 2.87 bits per heavy atom. The Bertz CT molecular complexity index is 429. The van der Waals surface area contributed by atoms with E-state index in [1.54, 1.807) is 6.07 Å². The Balaban J connectivity index is 2.82. The quantitative estimate of drug-likeness (QED) is 0.750. The van der Waals surface area contributed by atoms with Crippen molar-refractivity contribution in [2.75, 3.05) is 0 Å². The molecule has 0 aliphatic rings. The number of ether oxygens (including phenoxy) is 1. The average molecular weight is 245 g/mol. The average Bonchev–Trinajstić information content (AvgIpc) is 2.20. The molecule has 0 saturated heterocycles. The minimum atomic E-state index is -0.862. The van der Waals surface area contributed by atoms with Gasteiger partial charge in [-0.25, -0.2) is 4.98 Å². The van der Waals surface area contributed by atoms with Crippen LogP contribution in [0, 0.1) is 17.2 Å². The number of carbonyl (C=O) groups excluding carboxylic acids is 1. The molecule has 0 amide bonds. The number of carbonyl (C=O) groups is 1. The molecular formula is C9H6Cl2N2O2. The highest BCUT2D eigenvalue weighted by Crippen LogP contribution is 2.24. The highest BCUT2D eigenvalue weighted by atomic mass is 35.5. The van der Waals surface area contributed by atoms with Crippen molar-refractivity contribution in [3.63, 3.8) is 0 Å². The zero-order chi connectivity index (χ0) is 11.4. The maximum atomic E-state index is 11.2. The predicted octanol–water partition coefficient (Wildman–Crippen LogP) is 2.45. The van der Waals surface area contributed by atoms with Crippen molar-refractivity contribution in [1.29, 1.82) is 5.26 Å². The van der Waals surface area contributed by atoms with Gasteiger partial charge in [-0.2, -0.15) is 5.26 Å². The molecule has 0 aliphatic carbocycles. The van der Waals surface area contributed by atoms with E-state index in [0.29, 0.717) is 5.02 Å². The molecule has 0 bridgehead atoms. The van der Waals surface area contributed by atoms with Gasteiger partial charge in [0, 0.05) is 6.20 Å². The first-order valence-corrected chi connectivity index (χ1v) is 4.72. The molecule has 0 aromatic carbocycles. The lowest BCUT2D eigenvalue weighted by Gasteiger charge is -2.05. The first-order valence-electron chi connectivity index (χ1n) is 3.97. The van der Waals surface area contributed by atoms with Gasteiger partial charge < -0.3 is 4.74 Å². The van der Waals surface area contributed by atoms with Crippen LogP contribution in [-0.4, -0.2) is 11.0 Å². The van der Waals surface area contributed by atoms with Gasteiger partial charge in [0.1, 0.15) is 10.9 Å². The van der Waals surface area contributed by atoms with Crippen LogP contribution in [0.3, 0.4) is 0 Å². The predicted molar refractivity (Wildman–Crippen MR) is 54.7 cm³/mol. The molecule has 1 atom stereocenters. The lowest BCUT2D eigenvalue weighted by Crippen LogP contribution is -2.16. The van der Waals surface area contributed by atoms with E-state index >= 15 is 0 Å². The maximum absolute atomic E-state index is 11.2. The summed E-state index contributed by atoms with van der Waals surface area (Å²) in [5.74, 6) is -1.61. The summed E-state index contributed by atoms with van der Waals surface area (Å²) in [4.78, 5) is 14.9. The molecule has 0 aliphatic heterocycles. The van der Waals surface area contributed by atoms with Crippen LogP contribution in [0.4, 0.5) is 0 Å². The zero-order valence-electron chi connectivity index (χ0n) is 7.70. The Morgan fingerprint density at radius 1 is 1.67 bits per heavy atom. The number of nitrogens with zero attached hydrogens (tertiary/aromatic N) is 2. The Kier molecular flexibility index (Phi) is 3.89. The molecule has 15 heavy (non-hydrogen) atoms. The molecular weight excluding hydrogens is 239 g/mol. The lowest BCUT2D eigenvalue weighted by atomic mass is 10.2. The Labute approximate surface area is 96.4 Å². The Morgan fingerprint density at radius 2 is 2.33 bits per heavy atom. The summed E-state index contributed by atoms with van der Waals surface area (Å²) in [5, 5.41) is 8.94. The van der Waals surface area contributed by atoms with Gasteiger partial charge in [-0.15, -0.1) is 0 Å². The van der Waals surface area contributed by atoms with Crippen LogP contribution in [0.25, 0.3) is 0 Å². The van der Waals surface area contributed by atoms with Crippen molar-refractivity contribution in [3.05, 3.63) is 22.3 Å². The smallest absolute Gasteiger partial charge is 0.329 e. The lowest BCUT2D eigenvalue weighted by molar-refractivity contribution is -0.136. The summed E-state index contributed by atoms with van der Waals surface area (Å²) in [5.41, 5.74) is 0. The van der Waals surface area contributed by atoms with Crippen LogP contribution in [0.1, 0.15) is 6.92 Å². The van der Waals surface area contributed by atoms with Crippen molar-refractivity contribution in [3.8, 4) is 11.9 Å². The number of esters is 1. The second kappa shape index (κ2) is 4.96. The summed E-state index contributed by atoms with van der Waals surface area (Å²) in [6, 6.07) is 3.14. The third-order valence-corrected chi connectivity index (χ3v) is 2.00. The molecule has 1 unspecified atom stereocenters. The van der Waals surface area contributed by atoms with E-state index in [2.05, 4.69) is 4.98 Å². The van der Waals surface area contributed by atoms with E-state index in [4.69, 9.17) is 33.2 Å². The molecule has 78 valence electrons. The van der Waals surface area contributed by atoms with E-state index in [-0.39, 0.29) is 10.9 Å². The van der Waals surface area contributed by atoms with Gasteiger partial charge in [0.15, 0.2) is 0 Å². The summed E-state index contributed by atoms with van der Waals surface area (Å²) in [6.45, 7) is 1.42. The molecule has 0 radical (unpaired) electrons. The second-order valence-electron chi connectivity index (χ2n) is 2.71. The van der Waals surface area contributed by atoms with E-state index < -0.39 is 11.9 Å². The van der Waals surface area contributed by atoms with Crippen LogP contribution >= 0.6 is 23.2 Å². The summed E-state index contributed by atoms with van der Waals surface area (Å²) in [6.07, 6.45) is 1.30. The summed E-state index contributed by atoms with van der Waals surface area (Å²) < 4.78 is 4.79. The van der Waals surface area contributed by atoms with Gasteiger partial charge in [-0.05, 0) is 13.0 Å². The SMILES string of the molecule is CC(C#N)C(=O)Oc1ncc(Cl)cc1Cl. The minimum Gasteiger partial charge on any atom is -0.405 e. The van der Waals surface area contributed by atoms with Crippen molar-refractivity contribution < 1.29 is 9.53 Å². The zero-order valence-corrected chi connectivity index (χ0v) is 9.21. The van der Waals surface area contributed by atoms with Crippen LogP contribution in [-0.2, 0) is 4.79 Å². The van der Waals surface area contributed by atoms with Gasteiger partial charge in [-0.1, -0.05) is 23.2 Å². The van der Waals surface area contributed by atoms with Gasteiger partial charge in [0.05, 0.1) is 11.1 Å². The highest BCUT2D eigenvalue weighted by Gasteiger charge is 2.16. The van der Waals surface area contributed by atoms with Gasteiger partial charge in [-0.3, -0.25) is 4.79 Å². The molecule has 0 saturated carbocycles. The Hall–Kier alpha value is -1.31. The van der Waals surface area contributed by atoms with Crippen molar-refractivity contribution in [1.82, 2.24) is 4.98 Å². The number of nitriles is 1. The van der Waals surface area contributed by atoms with Gasteiger partial charge >= 0.3 is 5.97 Å². The fraction of sp³-hybridized carbons (Fsp3) is 0.222. The van der Waals surface area contributed by atoms with Crippen molar-refractivity contribution in [2.24, 2.45) is 5.92 Å². The molecule has 0 spiro atoms. The minimum absolute atomic E-state index is 0.0480. The summed E-state index contributed by atoms with van der Waals surface area (Å²) >= 11 is 11.3. The van der Waals surface area contributed by atoms with Crippen LogP contribution in [0.5, 0.6) is 5.88 Å². The maximum Gasteiger partial charge on any atom is 0.329 e. The first kappa shape index (κ1) is 11.8. The van der Waals surface area contributed by atoms with E-state index in [0.717, 1.165) is 0 Å². The number of halogens is 2. The molecule has 0 fully saturated rings. The molecule has 1 heterocycles. The number of hydrogen-bond donors (Lipinski definition) is 0. The number of pyridine rings is 1. The molecule has 0 N–H and O–H groups in total. The van der Waals surface area contributed by atoms with Gasteiger partial charge in [0.25, 0.3) is 0 Å². The van der Waals surface area contributed by atoms with E-state index in [9.17, 15) is 4.79 Å². The number of rotatable bonds is 2. The number of hydrogen-bond acceptors (Lipinski definition) is 4.